The van der Waals surface area contributed by atoms with E-state index in [2.05, 4.69) is 6.92 Å². The van der Waals surface area contributed by atoms with Gasteiger partial charge in [0.15, 0.2) is 0 Å². The lowest BCUT2D eigenvalue weighted by molar-refractivity contribution is -0.138. The van der Waals surface area contributed by atoms with Gasteiger partial charge in [0.1, 0.15) is 5.75 Å². The zero-order valence-corrected chi connectivity index (χ0v) is 14.1. The molecule has 122 valence electrons. The molecule has 0 heterocycles. The summed E-state index contributed by atoms with van der Waals surface area (Å²) >= 11 is 6.18. The summed E-state index contributed by atoms with van der Waals surface area (Å²) in [5.74, 6) is -0.800. The molecule has 0 aromatic heterocycles. The first-order valence-corrected chi connectivity index (χ1v) is 8.15. The van der Waals surface area contributed by atoms with Crippen LogP contribution in [-0.2, 0) is 17.6 Å². The summed E-state index contributed by atoms with van der Waals surface area (Å²) < 4.78 is 5.41. The van der Waals surface area contributed by atoms with Gasteiger partial charge in [0.05, 0.1) is 17.5 Å². The number of hydrogen-bond acceptors (Lipinski definition) is 2. The molecule has 4 heteroatoms. The summed E-state index contributed by atoms with van der Waals surface area (Å²) in [5, 5.41) is 10.1. The predicted octanol–water partition coefficient (Wildman–Crippen LogP) is 4.71. The summed E-state index contributed by atoms with van der Waals surface area (Å²) in [5.41, 5.74) is 2.88. The average molecular weight is 333 g/mol. The summed E-state index contributed by atoms with van der Waals surface area (Å²) in [6.07, 6.45) is 1.33. The van der Waals surface area contributed by atoms with Crippen LogP contribution in [0.3, 0.4) is 0 Å². The first kappa shape index (κ1) is 17.4. The Morgan fingerprint density at radius 1 is 1.13 bits per heavy atom. The van der Waals surface area contributed by atoms with Gasteiger partial charge in [-0.05, 0) is 48.6 Å². The number of rotatable bonds is 7. The van der Waals surface area contributed by atoms with Gasteiger partial charge in [0.25, 0.3) is 0 Å². The van der Waals surface area contributed by atoms with Crippen molar-refractivity contribution in [2.75, 3.05) is 6.61 Å². The van der Waals surface area contributed by atoms with Crippen molar-refractivity contribution < 1.29 is 14.6 Å². The molecule has 1 N–H and O–H groups in total. The maximum absolute atomic E-state index is 11.7. The van der Waals surface area contributed by atoms with Crippen LogP contribution in [0.1, 0.15) is 36.5 Å². The highest BCUT2D eigenvalue weighted by atomic mass is 35.5. The molecule has 0 saturated carbocycles. The molecule has 1 unspecified atom stereocenters. The van der Waals surface area contributed by atoms with Crippen molar-refractivity contribution in [2.45, 2.75) is 32.6 Å². The third kappa shape index (κ3) is 4.49. The van der Waals surface area contributed by atoms with Crippen molar-refractivity contribution in [1.29, 1.82) is 0 Å². The monoisotopic (exact) mass is 332 g/mol. The van der Waals surface area contributed by atoms with Crippen LogP contribution in [0, 0.1) is 0 Å². The van der Waals surface area contributed by atoms with Crippen LogP contribution in [0.15, 0.2) is 42.5 Å². The molecule has 0 aliphatic carbocycles. The highest BCUT2D eigenvalue weighted by Crippen LogP contribution is 2.29. The second-order valence-corrected chi connectivity index (χ2v) is 5.80. The molecule has 0 aliphatic rings. The second-order valence-electron chi connectivity index (χ2n) is 5.39. The molecule has 0 amide bonds. The molecule has 0 saturated heterocycles. The standard InChI is InChI=1S/C19H21ClO3/c1-3-13-5-8-15(9-6-13)16(19(21)22)11-14-7-10-18(23-4-2)17(20)12-14/h5-10,12,16H,3-4,11H2,1-2H3,(H,21,22). The molecule has 23 heavy (non-hydrogen) atoms. The SMILES string of the molecule is CCOc1ccc(CC(C(=O)O)c2ccc(CC)cc2)cc1Cl. The van der Waals surface area contributed by atoms with E-state index in [4.69, 9.17) is 16.3 Å². The fraction of sp³-hybridized carbons (Fsp3) is 0.316. The van der Waals surface area contributed by atoms with Crippen molar-refractivity contribution >= 4 is 17.6 Å². The Balaban J connectivity index is 2.22. The summed E-state index contributed by atoms with van der Waals surface area (Å²) in [4.78, 5) is 11.7. The fourth-order valence-electron chi connectivity index (χ4n) is 2.51. The lowest BCUT2D eigenvalue weighted by atomic mass is 9.91. The quantitative estimate of drug-likeness (QED) is 0.798. The molecule has 0 spiro atoms. The Morgan fingerprint density at radius 2 is 1.78 bits per heavy atom. The first-order valence-electron chi connectivity index (χ1n) is 7.78. The van der Waals surface area contributed by atoms with Gasteiger partial charge in [-0.1, -0.05) is 48.9 Å². The van der Waals surface area contributed by atoms with E-state index in [9.17, 15) is 9.90 Å². The van der Waals surface area contributed by atoms with E-state index in [1.807, 2.05) is 37.3 Å². The maximum atomic E-state index is 11.7. The average Bonchev–Trinajstić information content (AvgIpc) is 2.55. The molecular weight excluding hydrogens is 312 g/mol. The minimum Gasteiger partial charge on any atom is -0.492 e. The van der Waals surface area contributed by atoms with Crippen LogP contribution in [-0.4, -0.2) is 17.7 Å². The normalized spacial score (nSPS) is 12.0. The van der Waals surface area contributed by atoms with Crippen LogP contribution in [0.25, 0.3) is 0 Å². The lowest BCUT2D eigenvalue weighted by Gasteiger charge is -2.14. The number of aryl methyl sites for hydroxylation is 1. The van der Waals surface area contributed by atoms with Crippen molar-refractivity contribution in [3.63, 3.8) is 0 Å². The van der Waals surface area contributed by atoms with E-state index in [1.54, 1.807) is 12.1 Å². The number of carboxylic acids is 1. The number of carbonyl (C=O) groups is 1. The lowest BCUT2D eigenvalue weighted by Crippen LogP contribution is -2.14. The molecular formula is C19H21ClO3. The molecule has 2 aromatic rings. The topological polar surface area (TPSA) is 46.5 Å². The van der Waals surface area contributed by atoms with Crippen molar-refractivity contribution in [3.8, 4) is 5.75 Å². The summed E-state index contributed by atoms with van der Waals surface area (Å²) in [6, 6.07) is 13.2. The van der Waals surface area contributed by atoms with Crippen LogP contribution in [0.2, 0.25) is 5.02 Å². The summed E-state index contributed by atoms with van der Waals surface area (Å²) in [6.45, 7) is 4.51. The van der Waals surface area contributed by atoms with Crippen LogP contribution in [0.4, 0.5) is 0 Å². The Kier molecular flexibility index (Phi) is 6.05. The number of hydrogen-bond donors (Lipinski definition) is 1. The highest BCUT2D eigenvalue weighted by molar-refractivity contribution is 6.32. The Morgan fingerprint density at radius 3 is 2.30 bits per heavy atom. The van der Waals surface area contributed by atoms with Crippen molar-refractivity contribution in [1.82, 2.24) is 0 Å². The van der Waals surface area contributed by atoms with Gasteiger partial charge in [-0.3, -0.25) is 4.79 Å². The first-order chi connectivity index (χ1) is 11.0. The van der Waals surface area contributed by atoms with Crippen LogP contribution >= 0.6 is 11.6 Å². The third-order valence-corrected chi connectivity index (χ3v) is 4.12. The Labute approximate surface area is 141 Å². The number of ether oxygens (including phenoxy) is 1. The third-order valence-electron chi connectivity index (χ3n) is 3.82. The van der Waals surface area contributed by atoms with Gasteiger partial charge >= 0.3 is 5.97 Å². The molecule has 0 bridgehead atoms. The molecule has 0 aliphatic heterocycles. The zero-order valence-electron chi connectivity index (χ0n) is 13.4. The minimum atomic E-state index is -0.834. The Bertz CT molecular complexity index is 665. The van der Waals surface area contributed by atoms with Gasteiger partial charge in [-0.25, -0.2) is 0 Å². The molecule has 3 nitrogen and oxygen atoms in total. The van der Waals surface area contributed by atoms with Gasteiger partial charge in [-0.15, -0.1) is 0 Å². The van der Waals surface area contributed by atoms with Gasteiger partial charge < -0.3 is 9.84 Å². The number of benzene rings is 2. The number of aliphatic carboxylic acids is 1. The second kappa shape index (κ2) is 8.02. The van der Waals surface area contributed by atoms with E-state index >= 15 is 0 Å². The Hall–Kier alpha value is -2.00. The van der Waals surface area contributed by atoms with Gasteiger partial charge in [0.2, 0.25) is 0 Å². The van der Waals surface area contributed by atoms with Crippen LogP contribution < -0.4 is 4.74 Å². The number of carboxylic acid groups (broad SMARTS) is 1. The fourth-order valence-corrected chi connectivity index (χ4v) is 2.77. The van der Waals surface area contributed by atoms with E-state index < -0.39 is 11.9 Å². The van der Waals surface area contributed by atoms with Crippen molar-refractivity contribution in [3.05, 3.63) is 64.2 Å². The molecule has 2 aromatic carbocycles. The predicted molar refractivity (Wildman–Crippen MR) is 92.5 cm³/mol. The molecule has 1 atom stereocenters. The minimum absolute atomic E-state index is 0.396. The van der Waals surface area contributed by atoms with E-state index in [0.29, 0.717) is 23.8 Å². The van der Waals surface area contributed by atoms with E-state index in [1.165, 1.54) is 5.56 Å². The van der Waals surface area contributed by atoms with E-state index in [-0.39, 0.29) is 0 Å². The molecule has 2 rings (SSSR count). The number of halogens is 1. The zero-order chi connectivity index (χ0) is 16.8. The largest absolute Gasteiger partial charge is 0.492 e. The van der Waals surface area contributed by atoms with Crippen LogP contribution in [0.5, 0.6) is 5.75 Å². The van der Waals surface area contributed by atoms with Gasteiger partial charge in [-0.2, -0.15) is 0 Å². The van der Waals surface area contributed by atoms with E-state index in [0.717, 1.165) is 17.5 Å². The van der Waals surface area contributed by atoms with Crippen molar-refractivity contribution in [2.24, 2.45) is 0 Å². The van der Waals surface area contributed by atoms with Gasteiger partial charge in [0, 0.05) is 0 Å². The molecule has 0 radical (unpaired) electrons. The highest BCUT2D eigenvalue weighted by Gasteiger charge is 2.20. The maximum Gasteiger partial charge on any atom is 0.311 e. The summed E-state index contributed by atoms with van der Waals surface area (Å²) in [7, 11) is 0. The molecule has 0 fully saturated rings. The smallest absolute Gasteiger partial charge is 0.311 e.